The molecule has 22 heavy (non-hydrogen) atoms. The minimum Gasteiger partial charge on any atom is -0.406 e. The minimum absolute atomic E-state index is 0.0570. The Morgan fingerprint density at radius 3 is 2.59 bits per heavy atom. The SMILES string of the molecule is CS(=O)(=O)CC[C@@H](N)C(=O)Nc1cccc(OC(F)(F)F)c1. The number of hydrogen-bond donors (Lipinski definition) is 2. The Labute approximate surface area is 125 Å². The van der Waals surface area contributed by atoms with E-state index in [0.717, 1.165) is 18.4 Å². The minimum atomic E-state index is -4.84. The van der Waals surface area contributed by atoms with Crippen molar-refractivity contribution in [2.24, 2.45) is 5.73 Å². The highest BCUT2D eigenvalue weighted by Crippen LogP contribution is 2.25. The third-order valence-corrected chi connectivity index (χ3v) is 3.45. The summed E-state index contributed by atoms with van der Waals surface area (Å²) in [6, 6.07) is 3.58. The summed E-state index contributed by atoms with van der Waals surface area (Å²) in [4.78, 5) is 11.7. The van der Waals surface area contributed by atoms with Crippen molar-refractivity contribution in [1.29, 1.82) is 0 Å². The average molecular weight is 340 g/mol. The van der Waals surface area contributed by atoms with Gasteiger partial charge in [0.15, 0.2) is 0 Å². The molecule has 1 atom stereocenters. The van der Waals surface area contributed by atoms with Gasteiger partial charge in [0.2, 0.25) is 5.91 Å². The van der Waals surface area contributed by atoms with Crippen LogP contribution in [0.1, 0.15) is 6.42 Å². The molecule has 0 aliphatic heterocycles. The van der Waals surface area contributed by atoms with Crippen LogP contribution in [0.25, 0.3) is 0 Å². The van der Waals surface area contributed by atoms with E-state index in [-0.39, 0.29) is 17.9 Å². The van der Waals surface area contributed by atoms with Crippen molar-refractivity contribution in [2.45, 2.75) is 18.8 Å². The first kappa shape index (κ1) is 18.2. The zero-order valence-corrected chi connectivity index (χ0v) is 12.4. The molecule has 1 aromatic rings. The number of benzene rings is 1. The van der Waals surface area contributed by atoms with Crippen LogP contribution in [-0.2, 0) is 14.6 Å². The van der Waals surface area contributed by atoms with Gasteiger partial charge >= 0.3 is 6.36 Å². The van der Waals surface area contributed by atoms with Crippen LogP contribution < -0.4 is 15.8 Å². The number of rotatable bonds is 6. The lowest BCUT2D eigenvalue weighted by atomic mass is 10.2. The molecule has 0 aliphatic rings. The van der Waals surface area contributed by atoms with E-state index in [2.05, 4.69) is 10.1 Å². The van der Waals surface area contributed by atoms with Gasteiger partial charge in [0.05, 0.1) is 11.8 Å². The molecule has 0 radical (unpaired) electrons. The molecule has 1 aromatic carbocycles. The highest BCUT2D eigenvalue weighted by molar-refractivity contribution is 7.90. The first-order valence-electron chi connectivity index (χ1n) is 6.06. The molecular weight excluding hydrogens is 325 g/mol. The lowest BCUT2D eigenvalue weighted by Gasteiger charge is -2.13. The Balaban J connectivity index is 2.66. The van der Waals surface area contributed by atoms with Crippen molar-refractivity contribution in [1.82, 2.24) is 0 Å². The van der Waals surface area contributed by atoms with E-state index in [1.54, 1.807) is 0 Å². The normalized spacial score (nSPS) is 13.5. The third-order valence-electron chi connectivity index (χ3n) is 2.47. The van der Waals surface area contributed by atoms with Crippen LogP contribution in [-0.4, -0.2) is 38.7 Å². The second-order valence-electron chi connectivity index (χ2n) is 4.59. The number of nitrogens with one attached hydrogen (secondary N) is 1. The number of ether oxygens (including phenoxy) is 1. The van der Waals surface area contributed by atoms with Gasteiger partial charge < -0.3 is 15.8 Å². The standard InChI is InChI=1S/C12H15F3N2O4S/c1-22(19,20)6-5-10(16)11(18)17-8-3-2-4-9(7-8)21-12(13,14)15/h2-4,7,10H,5-6,16H2,1H3,(H,17,18)/t10-/m1/s1. The van der Waals surface area contributed by atoms with E-state index >= 15 is 0 Å². The lowest BCUT2D eigenvalue weighted by molar-refractivity contribution is -0.274. The molecule has 0 aliphatic carbocycles. The van der Waals surface area contributed by atoms with Crippen molar-refractivity contribution in [3.63, 3.8) is 0 Å². The molecule has 0 fully saturated rings. The van der Waals surface area contributed by atoms with Gasteiger partial charge in [-0.05, 0) is 18.6 Å². The number of carbonyl (C=O) groups is 1. The molecule has 0 spiro atoms. The molecule has 3 N–H and O–H groups in total. The third kappa shape index (κ3) is 7.27. The van der Waals surface area contributed by atoms with Gasteiger partial charge in [-0.2, -0.15) is 0 Å². The Hall–Kier alpha value is -1.81. The number of amides is 1. The summed E-state index contributed by atoms with van der Waals surface area (Å²) in [5.41, 5.74) is 5.58. The topological polar surface area (TPSA) is 98.5 Å². The molecule has 0 unspecified atom stereocenters. The molecule has 0 saturated heterocycles. The van der Waals surface area contributed by atoms with Crippen LogP contribution in [0, 0.1) is 0 Å². The van der Waals surface area contributed by atoms with Crippen molar-refractivity contribution in [2.75, 3.05) is 17.3 Å². The van der Waals surface area contributed by atoms with Gasteiger partial charge in [0.1, 0.15) is 15.6 Å². The maximum Gasteiger partial charge on any atom is 0.573 e. The fourth-order valence-electron chi connectivity index (χ4n) is 1.48. The quantitative estimate of drug-likeness (QED) is 0.813. The van der Waals surface area contributed by atoms with E-state index in [9.17, 15) is 26.4 Å². The van der Waals surface area contributed by atoms with Gasteiger partial charge in [0, 0.05) is 18.0 Å². The monoisotopic (exact) mass is 340 g/mol. The van der Waals surface area contributed by atoms with Gasteiger partial charge in [-0.15, -0.1) is 13.2 Å². The smallest absolute Gasteiger partial charge is 0.406 e. The molecule has 0 saturated carbocycles. The fourth-order valence-corrected chi connectivity index (χ4v) is 2.16. The van der Waals surface area contributed by atoms with Crippen LogP contribution in [0.4, 0.5) is 18.9 Å². The summed E-state index contributed by atoms with van der Waals surface area (Å²) < 4.78 is 62.0. The largest absolute Gasteiger partial charge is 0.573 e. The van der Waals surface area contributed by atoms with Crippen molar-refractivity contribution in [3.05, 3.63) is 24.3 Å². The van der Waals surface area contributed by atoms with Crippen LogP contribution >= 0.6 is 0 Å². The molecule has 124 valence electrons. The maximum absolute atomic E-state index is 12.1. The van der Waals surface area contributed by atoms with Crippen LogP contribution in [0.15, 0.2) is 24.3 Å². The summed E-state index contributed by atoms with van der Waals surface area (Å²) in [5.74, 6) is -1.46. The molecule has 0 aromatic heterocycles. The summed E-state index contributed by atoms with van der Waals surface area (Å²) in [7, 11) is -3.26. The van der Waals surface area contributed by atoms with Gasteiger partial charge in [-0.1, -0.05) is 6.07 Å². The summed E-state index contributed by atoms with van der Waals surface area (Å²) in [6.07, 6.45) is -3.92. The number of nitrogens with two attached hydrogens (primary N) is 1. The zero-order chi connectivity index (χ0) is 17.0. The van der Waals surface area contributed by atoms with Crippen LogP contribution in [0.3, 0.4) is 0 Å². The fraction of sp³-hybridized carbons (Fsp3) is 0.417. The molecule has 0 bridgehead atoms. The number of carbonyl (C=O) groups excluding carboxylic acids is 1. The molecule has 1 amide bonds. The van der Waals surface area contributed by atoms with Gasteiger partial charge in [0.25, 0.3) is 0 Å². The van der Waals surface area contributed by atoms with Crippen molar-refractivity contribution >= 4 is 21.4 Å². The van der Waals surface area contributed by atoms with E-state index in [1.165, 1.54) is 12.1 Å². The van der Waals surface area contributed by atoms with Crippen molar-refractivity contribution < 1.29 is 31.1 Å². The summed E-state index contributed by atoms with van der Waals surface area (Å²) >= 11 is 0. The Morgan fingerprint density at radius 2 is 2.05 bits per heavy atom. The lowest BCUT2D eigenvalue weighted by Crippen LogP contribution is -2.37. The number of halogens is 3. The zero-order valence-electron chi connectivity index (χ0n) is 11.6. The molecule has 6 nitrogen and oxygen atoms in total. The Bertz CT molecular complexity index is 632. The molecule has 10 heteroatoms. The van der Waals surface area contributed by atoms with Gasteiger partial charge in [-0.25, -0.2) is 8.42 Å². The maximum atomic E-state index is 12.1. The molecule has 0 heterocycles. The Morgan fingerprint density at radius 1 is 1.41 bits per heavy atom. The predicted octanol–water partition coefficient (Wildman–Crippen LogP) is 1.29. The highest BCUT2D eigenvalue weighted by atomic mass is 32.2. The predicted molar refractivity (Wildman–Crippen MR) is 74.1 cm³/mol. The number of alkyl halides is 3. The van der Waals surface area contributed by atoms with E-state index in [0.29, 0.717) is 0 Å². The second-order valence-corrected chi connectivity index (χ2v) is 6.85. The number of hydrogen-bond acceptors (Lipinski definition) is 5. The summed E-state index contributed by atoms with van der Waals surface area (Å²) in [6.45, 7) is 0. The average Bonchev–Trinajstić information content (AvgIpc) is 2.33. The molecule has 1 rings (SSSR count). The summed E-state index contributed by atoms with van der Waals surface area (Å²) in [5, 5.41) is 2.30. The first-order valence-corrected chi connectivity index (χ1v) is 8.12. The van der Waals surface area contributed by atoms with Crippen LogP contribution in [0.2, 0.25) is 0 Å². The van der Waals surface area contributed by atoms with E-state index in [1.807, 2.05) is 0 Å². The Kier molecular flexibility index (Phi) is 5.78. The van der Waals surface area contributed by atoms with E-state index < -0.39 is 33.9 Å². The number of sulfone groups is 1. The van der Waals surface area contributed by atoms with Crippen LogP contribution in [0.5, 0.6) is 5.75 Å². The first-order chi connectivity index (χ1) is 9.96. The van der Waals surface area contributed by atoms with Crippen molar-refractivity contribution in [3.8, 4) is 5.75 Å². The van der Waals surface area contributed by atoms with E-state index in [4.69, 9.17) is 5.73 Å². The van der Waals surface area contributed by atoms with Gasteiger partial charge in [-0.3, -0.25) is 4.79 Å². The highest BCUT2D eigenvalue weighted by Gasteiger charge is 2.31. The second kappa shape index (κ2) is 6.97. The molecular formula is C12H15F3N2O4S. The number of anilines is 1.